The normalized spacial score (nSPS) is 28.1. The molecule has 2 atom stereocenters. The Labute approximate surface area is 112 Å². The van der Waals surface area contributed by atoms with Gasteiger partial charge in [0.1, 0.15) is 0 Å². The Morgan fingerprint density at radius 3 is 2.88 bits per heavy atom. The second kappa shape index (κ2) is 4.49. The van der Waals surface area contributed by atoms with Crippen LogP contribution in [0.2, 0.25) is 0 Å². The van der Waals surface area contributed by atoms with Crippen LogP contribution in [0, 0.1) is 5.92 Å². The van der Waals surface area contributed by atoms with Gasteiger partial charge in [-0.1, -0.05) is 6.07 Å². The summed E-state index contributed by atoms with van der Waals surface area (Å²) < 4.78 is 1.98. The number of likely N-dealkylation sites (N-methyl/N-ethyl adjacent to an activating group) is 1. The van der Waals surface area contributed by atoms with E-state index in [0.29, 0.717) is 11.8 Å². The van der Waals surface area contributed by atoms with Crippen molar-refractivity contribution in [3.05, 3.63) is 34.2 Å². The fourth-order valence-corrected chi connectivity index (χ4v) is 3.14. The highest BCUT2D eigenvalue weighted by Gasteiger charge is 2.32. The van der Waals surface area contributed by atoms with Crippen molar-refractivity contribution in [1.82, 2.24) is 9.47 Å². The molecular formula is C12H17IN2O. The lowest BCUT2D eigenvalue weighted by atomic mass is 9.83. The van der Waals surface area contributed by atoms with E-state index in [1.165, 1.54) is 12.1 Å². The number of hydrogen-bond donors (Lipinski definition) is 0. The number of halogens is 1. The minimum atomic E-state index is 0. The predicted octanol–water partition coefficient (Wildman–Crippen LogP) is 1.52. The van der Waals surface area contributed by atoms with Crippen molar-refractivity contribution in [1.29, 1.82) is 0 Å². The van der Waals surface area contributed by atoms with Crippen molar-refractivity contribution in [2.75, 3.05) is 20.1 Å². The lowest BCUT2D eigenvalue weighted by Crippen LogP contribution is -2.45. The molecule has 0 radical (unpaired) electrons. The number of hydrogen-bond acceptors (Lipinski definition) is 2. The van der Waals surface area contributed by atoms with Gasteiger partial charge in [-0.15, -0.1) is 24.0 Å². The molecule has 0 aliphatic carbocycles. The largest absolute Gasteiger partial charge is 0.312 e. The number of nitrogens with zero attached hydrogens (tertiary/aromatic N) is 2. The minimum Gasteiger partial charge on any atom is -0.312 e. The van der Waals surface area contributed by atoms with E-state index < -0.39 is 0 Å². The molecule has 0 saturated carbocycles. The molecule has 0 amide bonds. The molecule has 0 aromatic carbocycles. The molecule has 2 aliphatic rings. The van der Waals surface area contributed by atoms with Crippen LogP contribution < -0.4 is 5.56 Å². The van der Waals surface area contributed by atoms with Gasteiger partial charge in [0.05, 0.1) is 0 Å². The summed E-state index contributed by atoms with van der Waals surface area (Å²) in [5.74, 6) is 1.23. The first-order chi connectivity index (χ1) is 7.24. The summed E-state index contributed by atoms with van der Waals surface area (Å²) in [6.45, 7) is 3.15. The average Bonchev–Trinajstić information content (AvgIpc) is 2.19. The molecule has 3 nitrogen and oxygen atoms in total. The number of likely N-dealkylation sites (tertiary alicyclic amines) is 1. The quantitative estimate of drug-likeness (QED) is 0.673. The van der Waals surface area contributed by atoms with Gasteiger partial charge >= 0.3 is 0 Å². The topological polar surface area (TPSA) is 25.2 Å². The van der Waals surface area contributed by atoms with Crippen molar-refractivity contribution in [2.45, 2.75) is 18.9 Å². The van der Waals surface area contributed by atoms with Crippen LogP contribution in [-0.4, -0.2) is 29.6 Å². The lowest BCUT2D eigenvalue weighted by molar-refractivity contribution is 0.145. The van der Waals surface area contributed by atoms with Crippen LogP contribution in [-0.2, 0) is 6.54 Å². The number of fused-ring (bicyclic) bond motifs is 4. The van der Waals surface area contributed by atoms with Crippen LogP contribution in [0.15, 0.2) is 23.0 Å². The monoisotopic (exact) mass is 332 g/mol. The van der Waals surface area contributed by atoms with E-state index in [-0.39, 0.29) is 29.5 Å². The third-order valence-corrected chi connectivity index (χ3v) is 3.66. The van der Waals surface area contributed by atoms with Gasteiger partial charge in [0, 0.05) is 37.3 Å². The molecule has 16 heavy (non-hydrogen) atoms. The number of piperidine rings is 1. The first-order valence-electron chi connectivity index (χ1n) is 5.62. The number of aromatic nitrogens is 1. The molecule has 88 valence electrons. The Hall–Kier alpha value is -0.360. The zero-order valence-electron chi connectivity index (χ0n) is 9.43. The van der Waals surface area contributed by atoms with E-state index in [1.54, 1.807) is 6.07 Å². The molecular weight excluding hydrogens is 315 g/mol. The molecule has 4 heteroatoms. The average molecular weight is 332 g/mol. The summed E-state index contributed by atoms with van der Waals surface area (Å²) in [7, 11) is 2.18. The van der Waals surface area contributed by atoms with E-state index in [1.807, 2.05) is 10.6 Å². The minimum absolute atomic E-state index is 0. The van der Waals surface area contributed by atoms with Gasteiger partial charge < -0.3 is 9.47 Å². The van der Waals surface area contributed by atoms with Crippen LogP contribution in [0.4, 0.5) is 0 Å². The molecule has 0 N–H and O–H groups in total. The van der Waals surface area contributed by atoms with E-state index in [4.69, 9.17) is 0 Å². The highest BCUT2D eigenvalue weighted by molar-refractivity contribution is 14.0. The van der Waals surface area contributed by atoms with Crippen LogP contribution in [0.25, 0.3) is 0 Å². The SMILES string of the molecule is CN1C[C@@H]2C[C@H](C1)c1cccc(=O)n1C2.I. The molecule has 1 aromatic rings. The van der Waals surface area contributed by atoms with Crippen molar-refractivity contribution >= 4 is 24.0 Å². The van der Waals surface area contributed by atoms with Crippen LogP contribution in [0.3, 0.4) is 0 Å². The van der Waals surface area contributed by atoms with Gasteiger partial charge in [0.15, 0.2) is 0 Å². The molecule has 0 spiro atoms. The predicted molar refractivity (Wildman–Crippen MR) is 74.5 cm³/mol. The zero-order chi connectivity index (χ0) is 10.4. The van der Waals surface area contributed by atoms with E-state index in [0.717, 1.165) is 19.6 Å². The highest BCUT2D eigenvalue weighted by atomic mass is 127. The van der Waals surface area contributed by atoms with Gasteiger partial charge in [-0.3, -0.25) is 4.79 Å². The van der Waals surface area contributed by atoms with Gasteiger partial charge in [-0.25, -0.2) is 0 Å². The third kappa shape index (κ3) is 1.93. The number of pyridine rings is 1. The smallest absolute Gasteiger partial charge is 0.250 e. The van der Waals surface area contributed by atoms with Crippen molar-refractivity contribution in [3.8, 4) is 0 Å². The van der Waals surface area contributed by atoms with Gasteiger partial charge in [0.25, 0.3) is 5.56 Å². The van der Waals surface area contributed by atoms with Gasteiger partial charge in [0.2, 0.25) is 0 Å². The lowest BCUT2D eigenvalue weighted by Gasteiger charge is -2.41. The maximum Gasteiger partial charge on any atom is 0.250 e. The summed E-state index contributed by atoms with van der Waals surface area (Å²) in [5.41, 5.74) is 1.41. The van der Waals surface area contributed by atoms with E-state index >= 15 is 0 Å². The second-order valence-electron chi connectivity index (χ2n) is 4.92. The molecule has 3 heterocycles. The molecule has 1 aromatic heterocycles. The summed E-state index contributed by atoms with van der Waals surface area (Å²) >= 11 is 0. The second-order valence-corrected chi connectivity index (χ2v) is 4.92. The van der Waals surface area contributed by atoms with Crippen LogP contribution in [0.5, 0.6) is 0 Å². The molecule has 1 fully saturated rings. The molecule has 1 saturated heterocycles. The van der Waals surface area contributed by atoms with E-state index in [9.17, 15) is 4.79 Å². The van der Waals surface area contributed by atoms with Crippen molar-refractivity contribution < 1.29 is 0 Å². The fourth-order valence-electron chi connectivity index (χ4n) is 3.14. The maximum atomic E-state index is 11.7. The standard InChI is InChI=1S/C12H16N2O.HI/c1-13-6-9-5-10(8-13)11-3-2-4-12(15)14(11)7-9;/h2-4,9-10H,5-8H2,1H3;1H/t9-,10+;/m0./s1. The Kier molecular flexibility index (Phi) is 3.39. The van der Waals surface area contributed by atoms with Crippen LogP contribution >= 0.6 is 24.0 Å². The molecule has 0 unspecified atom stereocenters. The summed E-state index contributed by atoms with van der Waals surface area (Å²) in [6.07, 6.45) is 1.26. The first kappa shape index (κ1) is 12.1. The Bertz CT molecular complexity index is 443. The highest BCUT2D eigenvalue weighted by Crippen LogP contribution is 2.33. The van der Waals surface area contributed by atoms with E-state index in [2.05, 4.69) is 18.0 Å². The molecule has 3 rings (SSSR count). The van der Waals surface area contributed by atoms with Crippen LogP contribution in [0.1, 0.15) is 18.0 Å². The summed E-state index contributed by atoms with van der Waals surface area (Å²) in [6, 6.07) is 5.68. The zero-order valence-corrected chi connectivity index (χ0v) is 11.8. The molecule has 2 bridgehead atoms. The Morgan fingerprint density at radius 1 is 1.25 bits per heavy atom. The number of rotatable bonds is 0. The van der Waals surface area contributed by atoms with Gasteiger partial charge in [-0.05, 0) is 25.5 Å². The van der Waals surface area contributed by atoms with Crippen molar-refractivity contribution in [2.24, 2.45) is 5.92 Å². The molecule has 2 aliphatic heterocycles. The maximum absolute atomic E-state index is 11.7. The Balaban J connectivity index is 0.000000963. The summed E-state index contributed by atoms with van der Waals surface area (Å²) in [5, 5.41) is 0. The third-order valence-electron chi connectivity index (χ3n) is 3.66. The van der Waals surface area contributed by atoms with Crippen molar-refractivity contribution in [3.63, 3.8) is 0 Å². The van der Waals surface area contributed by atoms with Gasteiger partial charge in [-0.2, -0.15) is 0 Å². The first-order valence-corrected chi connectivity index (χ1v) is 5.62. The fraction of sp³-hybridized carbons (Fsp3) is 0.583. The Morgan fingerprint density at radius 2 is 2.06 bits per heavy atom. The summed E-state index contributed by atoms with van der Waals surface area (Å²) in [4.78, 5) is 14.1.